The number of rotatable bonds is 5. The van der Waals surface area contributed by atoms with Gasteiger partial charge in [-0.2, -0.15) is 0 Å². The molecule has 5 heteroatoms. The highest BCUT2D eigenvalue weighted by atomic mass is 16.6. The number of ether oxygens (including phenoxy) is 1. The first-order valence-corrected chi connectivity index (χ1v) is 11.5. The zero-order valence-corrected chi connectivity index (χ0v) is 18.8. The van der Waals surface area contributed by atoms with E-state index in [0.29, 0.717) is 18.7 Å². The predicted octanol–water partition coefficient (Wildman–Crippen LogP) is 6.25. The Kier molecular flexibility index (Phi) is 6.25. The molecule has 1 aliphatic heterocycles. The van der Waals surface area contributed by atoms with Crippen molar-refractivity contribution in [2.75, 3.05) is 11.9 Å². The van der Waals surface area contributed by atoms with Crippen LogP contribution in [0.1, 0.15) is 18.4 Å². The first-order chi connectivity index (χ1) is 16.7. The Morgan fingerprint density at radius 2 is 1.59 bits per heavy atom. The lowest BCUT2D eigenvalue weighted by Crippen LogP contribution is -2.43. The third kappa shape index (κ3) is 4.79. The van der Waals surface area contributed by atoms with Crippen molar-refractivity contribution >= 4 is 28.5 Å². The van der Waals surface area contributed by atoms with E-state index in [9.17, 15) is 9.59 Å². The summed E-state index contributed by atoms with van der Waals surface area (Å²) < 4.78 is 5.46. The minimum absolute atomic E-state index is 0.190. The summed E-state index contributed by atoms with van der Waals surface area (Å²) in [6, 6.07) is 31.4. The van der Waals surface area contributed by atoms with Crippen molar-refractivity contribution in [3.05, 3.63) is 103 Å². The van der Waals surface area contributed by atoms with Crippen molar-refractivity contribution in [1.29, 1.82) is 0 Å². The molecule has 1 aliphatic rings. The molecule has 1 unspecified atom stereocenters. The molecule has 0 aromatic heterocycles. The molecule has 34 heavy (non-hydrogen) atoms. The average molecular weight is 451 g/mol. The van der Waals surface area contributed by atoms with Crippen molar-refractivity contribution in [3.63, 3.8) is 0 Å². The maximum Gasteiger partial charge on any atom is 0.410 e. The number of nitrogens with zero attached hydrogens (tertiary/aromatic N) is 1. The van der Waals surface area contributed by atoms with Gasteiger partial charge in [-0.05, 0) is 58.5 Å². The Balaban J connectivity index is 1.26. The van der Waals surface area contributed by atoms with Crippen molar-refractivity contribution in [2.24, 2.45) is 0 Å². The van der Waals surface area contributed by atoms with Gasteiger partial charge in [0.1, 0.15) is 12.6 Å². The second-order valence-corrected chi connectivity index (χ2v) is 8.52. The number of hydrogen-bond donors (Lipinski definition) is 1. The number of anilines is 1. The molecule has 1 heterocycles. The first-order valence-electron chi connectivity index (χ1n) is 11.5. The molecule has 4 aromatic carbocycles. The number of hydrogen-bond acceptors (Lipinski definition) is 3. The standard InChI is InChI=1S/C29H26N2O3/c32-28(27-14-7-17-31(27)29(33)34-20-21-8-2-1-3-9-21)30-26-13-6-12-24(19-26)25-16-15-22-10-4-5-11-23(22)18-25/h1-6,8-13,15-16,18-19,27H,7,14,17,20H2,(H,30,32). The monoisotopic (exact) mass is 450 g/mol. The number of likely N-dealkylation sites (tertiary alicyclic amines) is 1. The molecular formula is C29H26N2O3. The summed E-state index contributed by atoms with van der Waals surface area (Å²) in [7, 11) is 0. The maximum atomic E-state index is 13.1. The molecule has 0 radical (unpaired) electrons. The summed E-state index contributed by atoms with van der Waals surface area (Å²) in [5.74, 6) is -0.190. The van der Waals surface area contributed by atoms with Crippen LogP contribution in [-0.4, -0.2) is 29.5 Å². The Bertz CT molecular complexity index is 1320. The molecular weight excluding hydrogens is 424 g/mol. The van der Waals surface area contributed by atoms with Gasteiger partial charge in [0.05, 0.1) is 0 Å². The molecule has 1 N–H and O–H groups in total. The maximum absolute atomic E-state index is 13.1. The summed E-state index contributed by atoms with van der Waals surface area (Å²) in [6.45, 7) is 0.709. The Morgan fingerprint density at radius 1 is 0.824 bits per heavy atom. The van der Waals surface area contributed by atoms with Gasteiger partial charge in [0.15, 0.2) is 0 Å². The van der Waals surface area contributed by atoms with Crippen LogP contribution in [0.2, 0.25) is 0 Å². The summed E-state index contributed by atoms with van der Waals surface area (Å²) in [5, 5.41) is 5.36. The highest BCUT2D eigenvalue weighted by Crippen LogP contribution is 2.27. The molecule has 5 nitrogen and oxygen atoms in total. The van der Waals surface area contributed by atoms with Gasteiger partial charge in [-0.1, -0.05) is 78.9 Å². The molecule has 0 bridgehead atoms. The largest absolute Gasteiger partial charge is 0.445 e. The Morgan fingerprint density at radius 3 is 2.44 bits per heavy atom. The number of fused-ring (bicyclic) bond motifs is 1. The van der Waals surface area contributed by atoms with E-state index in [-0.39, 0.29) is 12.5 Å². The lowest BCUT2D eigenvalue weighted by Gasteiger charge is -2.23. The molecule has 0 saturated carbocycles. The zero-order chi connectivity index (χ0) is 23.3. The van der Waals surface area contributed by atoms with Crippen LogP contribution in [0, 0.1) is 0 Å². The Labute approximate surface area is 199 Å². The van der Waals surface area contributed by atoms with Crippen LogP contribution >= 0.6 is 0 Å². The van der Waals surface area contributed by atoms with Crippen LogP contribution in [0.4, 0.5) is 10.5 Å². The van der Waals surface area contributed by atoms with Gasteiger partial charge in [0.2, 0.25) is 5.91 Å². The van der Waals surface area contributed by atoms with E-state index in [1.807, 2.05) is 66.7 Å². The van der Waals surface area contributed by atoms with Gasteiger partial charge >= 0.3 is 6.09 Å². The van der Waals surface area contributed by atoms with Gasteiger partial charge in [0.25, 0.3) is 0 Å². The summed E-state index contributed by atoms with van der Waals surface area (Å²) in [5.41, 5.74) is 3.73. The summed E-state index contributed by atoms with van der Waals surface area (Å²) >= 11 is 0. The van der Waals surface area contributed by atoms with Crippen LogP contribution in [0.3, 0.4) is 0 Å². The lowest BCUT2D eigenvalue weighted by molar-refractivity contribution is -0.120. The molecule has 1 fully saturated rings. The average Bonchev–Trinajstić information content (AvgIpc) is 3.38. The third-order valence-electron chi connectivity index (χ3n) is 6.21. The van der Waals surface area contributed by atoms with Crippen molar-refractivity contribution < 1.29 is 14.3 Å². The van der Waals surface area contributed by atoms with Crippen LogP contribution in [-0.2, 0) is 16.1 Å². The quantitative estimate of drug-likeness (QED) is 0.391. The van der Waals surface area contributed by atoms with Crippen molar-refractivity contribution in [2.45, 2.75) is 25.5 Å². The second kappa shape index (κ2) is 9.79. The molecule has 2 amide bonds. The summed E-state index contributed by atoms with van der Waals surface area (Å²) in [6.07, 6.45) is 0.943. The van der Waals surface area contributed by atoms with Crippen molar-refractivity contribution in [1.82, 2.24) is 4.90 Å². The van der Waals surface area contributed by atoms with Crippen LogP contribution in [0.5, 0.6) is 0 Å². The molecule has 0 spiro atoms. The van der Waals surface area contributed by atoms with Gasteiger partial charge in [-0.15, -0.1) is 0 Å². The highest BCUT2D eigenvalue weighted by Gasteiger charge is 2.35. The van der Waals surface area contributed by atoms with E-state index >= 15 is 0 Å². The van der Waals surface area contributed by atoms with Gasteiger partial charge < -0.3 is 10.1 Å². The number of nitrogens with one attached hydrogen (secondary N) is 1. The zero-order valence-electron chi connectivity index (χ0n) is 18.8. The molecule has 170 valence electrons. The summed E-state index contributed by atoms with van der Waals surface area (Å²) in [4.78, 5) is 27.3. The number of amides is 2. The van der Waals surface area contributed by atoms with Gasteiger partial charge in [-0.3, -0.25) is 9.69 Å². The number of benzene rings is 4. The first kappa shape index (κ1) is 21.7. The van der Waals surface area contributed by atoms with Crippen molar-refractivity contribution in [3.8, 4) is 11.1 Å². The van der Waals surface area contributed by atoms with E-state index < -0.39 is 12.1 Å². The van der Waals surface area contributed by atoms with Crippen LogP contribution in [0.15, 0.2) is 97.1 Å². The lowest BCUT2D eigenvalue weighted by atomic mass is 10.0. The van der Waals surface area contributed by atoms with E-state index in [1.165, 1.54) is 15.7 Å². The normalized spacial score (nSPS) is 15.3. The molecule has 4 aromatic rings. The molecule has 1 atom stereocenters. The van der Waals surface area contributed by atoms with Gasteiger partial charge in [0, 0.05) is 12.2 Å². The number of carbonyl (C=O) groups excluding carboxylic acids is 2. The number of carbonyl (C=O) groups is 2. The SMILES string of the molecule is O=C(Nc1cccc(-c2ccc3ccccc3c2)c1)C1CCCN1C(=O)OCc1ccccc1. The third-order valence-corrected chi connectivity index (χ3v) is 6.21. The van der Waals surface area contributed by atoms with Crippen LogP contribution in [0.25, 0.3) is 21.9 Å². The van der Waals surface area contributed by atoms with E-state index in [0.717, 1.165) is 23.1 Å². The molecule has 5 rings (SSSR count). The fourth-order valence-electron chi connectivity index (χ4n) is 4.43. The Hall–Kier alpha value is -4.12. The topological polar surface area (TPSA) is 58.6 Å². The van der Waals surface area contributed by atoms with Gasteiger partial charge in [-0.25, -0.2) is 4.79 Å². The highest BCUT2D eigenvalue weighted by molar-refractivity contribution is 5.97. The fourth-order valence-corrected chi connectivity index (χ4v) is 4.43. The second-order valence-electron chi connectivity index (χ2n) is 8.52. The molecule has 0 aliphatic carbocycles. The minimum atomic E-state index is -0.535. The fraction of sp³-hybridized carbons (Fsp3) is 0.172. The van der Waals surface area contributed by atoms with E-state index in [4.69, 9.17) is 4.74 Å². The van der Waals surface area contributed by atoms with Crippen LogP contribution < -0.4 is 5.32 Å². The predicted molar refractivity (Wildman–Crippen MR) is 134 cm³/mol. The minimum Gasteiger partial charge on any atom is -0.445 e. The van der Waals surface area contributed by atoms with E-state index in [2.05, 4.69) is 35.6 Å². The smallest absolute Gasteiger partial charge is 0.410 e. The molecule has 1 saturated heterocycles. The van der Waals surface area contributed by atoms with E-state index in [1.54, 1.807) is 0 Å².